The van der Waals surface area contributed by atoms with E-state index in [1.165, 1.54) is 10.9 Å². The molecule has 0 radical (unpaired) electrons. The number of aromatic nitrogens is 1. The highest BCUT2D eigenvalue weighted by atomic mass is 16.6. The first-order valence-corrected chi connectivity index (χ1v) is 7.23. The second kappa shape index (κ2) is 5.00. The Morgan fingerprint density at radius 2 is 1.80 bits per heavy atom. The van der Waals surface area contributed by atoms with Gasteiger partial charge in [0, 0.05) is 55.9 Å². The normalized spacial score (nSPS) is 19.4. The molecule has 0 amide bonds. The van der Waals surface area contributed by atoms with Gasteiger partial charge in [-0.1, -0.05) is 0 Å². The molecule has 2 aromatic rings. The summed E-state index contributed by atoms with van der Waals surface area (Å²) in [5.74, 6) is 1.71. The Hall–Kier alpha value is -1.72. The lowest BCUT2D eigenvalue weighted by Crippen LogP contribution is -2.42. The molecule has 0 saturated carbocycles. The molecule has 1 fully saturated rings. The number of aromatic amines is 1. The van der Waals surface area contributed by atoms with Gasteiger partial charge in [-0.25, -0.2) is 0 Å². The molecule has 106 valence electrons. The highest BCUT2D eigenvalue weighted by Gasteiger charge is 2.17. The van der Waals surface area contributed by atoms with Crippen LogP contribution in [0.5, 0.6) is 11.5 Å². The fraction of sp³-hybridized carbons (Fsp3) is 0.467. The fourth-order valence-electron chi connectivity index (χ4n) is 2.96. The molecule has 0 bridgehead atoms. The molecule has 5 heteroatoms. The Bertz CT molecular complexity index is 617. The first kappa shape index (κ1) is 12.1. The average Bonchev–Trinajstić information content (AvgIpc) is 2.88. The van der Waals surface area contributed by atoms with Gasteiger partial charge in [-0.2, -0.15) is 0 Å². The molecule has 1 aromatic carbocycles. The zero-order valence-corrected chi connectivity index (χ0v) is 11.4. The number of ether oxygens (including phenoxy) is 2. The maximum Gasteiger partial charge on any atom is 0.163 e. The van der Waals surface area contributed by atoms with Crippen LogP contribution < -0.4 is 14.8 Å². The van der Waals surface area contributed by atoms with Gasteiger partial charge in [-0.3, -0.25) is 4.90 Å². The molecule has 3 heterocycles. The van der Waals surface area contributed by atoms with Gasteiger partial charge in [-0.15, -0.1) is 0 Å². The van der Waals surface area contributed by atoms with Crippen LogP contribution in [0.25, 0.3) is 10.9 Å². The lowest BCUT2D eigenvalue weighted by Gasteiger charge is -2.27. The third-order valence-corrected chi connectivity index (χ3v) is 4.03. The molecule has 2 aliphatic rings. The van der Waals surface area contributed by atoms with Crippen LogP contribution in [0.2, 0.25) is 0 Å². The van der Waals surface area contributed by atoms with E-state index in [9.17, 15) is 0 Å². The molecule has 1 aromatic heterocycles. The van der Waals surface area contributed by atoms with Crippen molar-refractivity contribution in [3.63, 3.8) is 0 Å². The zero-order chi connectivity index (χ0) is 13.4. The second-order valence-electron chi connectivity index (χ2n) is 5.38. The lowest BCUT2D eigenvalue weighted by atomic mass is 10.1. The number of hydrogen-bond donors (Lipinski definition) is 2. The summed E-state index contributed by atoms with van der Waals surface area (Å²) in [6.07, 6.45) is 2.11. The minimum absolute atomic E-state index is 0.632. The molecular formula is C15H19N3O2. The Labute approximate surface area is 117 Å². The van der Waals surface area contributed by atoms with Crippen molar-refractivity contribution in [2.24, 2.45) is 0 Å². The van der Waals surface area contributed by atoms with E-state index in [2.05, 4.69) is 27.5 Å². The van der Waals surface area contributed by atoms with Gasteiger partial charge in [0.25, 0.3) is 0 Å². The number of fused-ring (bicyclic) bond motifs is 2. The third kappa shape index (κ3) is 2.13. The van der Waals surface area contributed by atoms with Crippen LogP contribution in [-0.2, 0) is 6.54 Å². The van der Waals surface area contributed by atoms with Gasteiger partial charge in [0.15, 0.2) is 11.5 Å². The summed E-state index contributed by atoms with van der Waals surface area (Å²) in [6, 6.07) is 4.16. The first-order valence-electron chi connectivity index (χ1n) is 7.23. The van der Waals surface area contributed by atoms with Gasteiger partial charge in [-0.05, 0) is 11.6 Å². The van der Waals surface area contributed by atoms with Crippen molar-refractivity contribution in [3.05, 3.63) is 23.9 Å². The number of H-pyrrole nitrogens is 1. The summed E-state index contributed by atoms with van der Waals surface area (Å²) in [5.41, 5.74) is 2.46. The average molecular weight is 273 g/mol. The zero-order valence-electron chi connectivity index (χ0n) is 11.4. The summed E-state index contributed by atoms with van der Waals surface area (Å²) < 4.78 is 11.3. The Morgan fingerprint density at radius 1 is 1.05 bits per heavy atom. The highest BCUT2D eigenvalue weighted by Crippen LogP contribution is 2.35. The minimum atomic E-state index is 0.632. The molecule has 20 heavy (non-hydrogen) atoms. The molecule has 0 unspecified atom stereocenters. The van der Waals surface area contributed by atoms with Crippen LogP contribution in [0.15, 0.2) is 18.3 Å². The monoisotopic (exact) mass is 273 g/mol. The van der Waals surface area contributed by atoms with Crippen molar-refractivity contribution in [2.75, 3.05) is 39.4 Å². The van der Waals surface area contributed by atoms with E-state index in [1.807, 2.05) is 6.07 Å². The highest BCUT2D eigenvalue weighted by molar-refractivity contribution is 5.86. The van der Waals surface area contributed by atoms with Crippen LogP contribution in [0.1, 0.15) is 5.56 Å². The molecule has 2 aliphatic heterocycles. The van der Waals surface area contributed by atoms with E-state index in [-0.39, 0.29) is 0 Å². The van der Waals surface area contributed by atoms with Gasteiger partial charge in [0.1, 0.15) is 13.2 Å². The number of hydrogen-bond acceptors (Lipinski definition) is 4. The predicted molar refractivity (Wildman–Crippen MR) is 77.4 cm³/mol. The molecule has 0 atom stereocenters. The summed E-state index contributed by atoms with van der Waals surface area (Å²) in [6.45, 7) is 6.63. The summed E-state index contributed by atoms with van der Waals surface area (Å²) >= 11 is 0. The smallest absolute Gasteiger partial charge is 0.163 e. The lowest BCUT2D eigenvalue weighted by molar-refractivity contribution is 0.172. The number of nitrogens with one attached hydrogen (secondary N) is 2. The van der Waals surface area contributed by atoms with E-state index < -0.39 is 0 Å². The maximum atomic E-state index is 5.68. The van der Waals surface area contributed by atoms with Crippen molar-refractivity contribution in [3.8, 4) is 11.5 Å². The van der Waals surface area contributed by atoms with Gasteiger partial charge < -0.3 is 19.8 Å². The Balaban J connectivity index is 1.65. The molecule has 5 nitrogen and oxygen atoms in total. The number of nitrogens with zero attached hydrogens (tertiary/aromatic N) is 1. The Morgan fingerprint density at radius 3 is 2.60 bits per heavy atom. The minimum Gasteiger partial charge on any atom is -0.486 e. The summed E-state index contributed by atoms with van der Waals surface area (Å²) in [7, 11) is 0. The molecule has 2 N–H and O–H groups in total. The van der Waals surface area contributed by atoms with Crippen molar-refractivity contribution < 1.29 is 9.47 Å². The van der Waals surface area contributed by atoms with Crippen molar-refractivity contribution in [1.82, 2.24) is 15.2 Å². The summed E-state index contributed by atoms with van der Waals surface area (Å²) in [4.78, 5) is 5.83. The largest absolute Gasteiger partial charge is 0.486 e. The van der Waals surface area contributed by atoms with Crippen LogP contribution >= 0.6 is 0 Å². The van der Waals surface area contributed by atoms with E-state index in [1.54, 1.807) is 0 Å². The third-order valence-electron chi connectivity index (χ3n) is 4.03. The van der Waals surface area contributed by atoms with Crippen LogP contribution in [0.4, 0.5) is 0 Å². The Kier molecular flexibility index (Phi) is 3.01. The van der Waals surface area contributed by atoms with E-state index in [4.69, 9.17) is 9.47 Å². The number of piperazine rings is 1. The quantitative estimate of drug-likeness (QED) is 0.867. The summed E-state index contributed by atoms with van der Waals surface area (Å²) in [5, 5.41) is 4.63. The van der Waals surface area contributed by atoms with Gasteiger partial charge in [0.2, 0.25) is 0 Å². The van der Waals surface area contributed by atoms with E-state index in [0.717, 1.165) is 49.7 Å². The molecular weight excluding hydrogens is 254 g/mol. The topological polar surface area (TPSA) is 49.5 Å². The van der Waals surface area contributed by atoms with Crippen LogP contribution in [-0.4, -0.2) is 49.3 Å². The maximum absolute atomic E-state index is 5.68. The predicted octanol–water partition coefficient (Wildman–Crippen LogP) is 1.34. The van der Waals surface area contributed by atoms with Crippen LogP contribution in [0, 0.1) is 0 Å². The van der Waals surface area contributed by atoms with E-state index in [0.29, 0.717) is 13.2 Å². The first-order chi connectivity index (χ1) is 9.90. The molecule has 0 spiro atoms. The number of rotatable bonds is 2. The van der Waals surface area contributed by atoms with Crippen molar-refractivity contribution in [1.29, 1.82) is 0 Å². The fourth-order valence-corrected chi connectivity index (χ4v) is 2.96. The molecule has 1 saturated heterocycles. The van der Waals surface area contributed by atoms with E-state index >= 15 is 0 Å². The standard InChI is InChI=1S/C15H19N3O2/c1-3-18(4-2-16-1)10-11-9-17-13-8-15-14(7-12(11)13)19-5-6-20-15/h7-9,16-17H,1-6,10H2. The van der Waals surface area contributed by atoms with Gasteiger partial charge in [0.05, 0.1) is 0 Å². The van der Waals surface area contributed by atoms with Crippen molar-refractivity contribution in [2.45, 2.75) is 6.54 Å². The van der Waals surface area contributed by atoms with Crippen molar-refractivity contribution >= 4 is 10.9 Å². The van der Waals surface area contributed by atoms with Gasteiger partial charge >= 0.3 is 0 Å². The molecule has 0 aliphatic carbocycles. The second-order valence-corrected chi connectivity index (χ2v) is 5.38. The number of benzene rings is 1. The molecule has 4 rings (SSSR count). The van der Waals surface area contributed by atoms with Crippen LogP contribution in [0.3, 0.4) is 0 Å². The SMILES string of the molecule is c1[nH]c2cc3c(cc2c1CN1CCNCC1)OCCO3.